The smallest absolute Gasteiger partial charge is 0.261 e. The normalized spacial score (nSPS) is 11.6. The number of hydrogen-bond donors (Lipinski definition) is 1. The lowest BCUT2D eigenvalue weighted by atomic mass is 10.2. The zero-order valence-electron chi connectivity index (χ0n) is 13.8. The minimum atomic E-state index is -4.04. The first-order valence-corrected chi connectivity index (χ1v) is 9.42. The van der Waals surface area contributed by atoms with Crippen molar-refractivity contribution in [1.82, 2.24) is 9.55 Å². The second-order valence-corrected chi connectivity index (χ2v) is 7.53. The summed E-state index contributed by atoms with van der Waals surface area (Å²) in [6.45, 7) is 0. The maximum Gasteiger partial charge on any atom is 0.261 e. The van der Waals surface area contributed by atoms with Gasteiger partial charge in [0.2, 0.25) is 0 Å². The molecule has 5 nitrogen and oxygen atoms in total. The quantitative estimate of drug-likeness (QED) is 0.575. The van der Waals surface area contributed by atoms with E-state index in [-0.39, 0.29) is 4.90 Å². The summed E-state index contributed by atoms with van der Waals surface area (Å²) in [4.78, 5) is 3.74. The predicted molar refractivity (Wildman–Crippen MR) is 98.2 cm³/mol. The molecule has 4 aromatic rings. The summed E-state index contributed by atoms with van der Waals surface area (Å²) in [5.74, 6) is -2.33. The predicted octanol–water partition coefficient (Wildman–Crippen LogP) is 4.10. The number of rotatable bonds is 4. The fraction of sp³-hybridized carbons (Fsp3) is 0. The molecule has 0 saturated carbocycles. The molecule has 0 bridgehead atoms. The molecule has 0 aliphatic heterocycles. The molecule has 1 N–H and O–H groups in total. The van der Waals surface area contributed by atoms with Crippen LogP contribution in [-0.2, 0) is 10.0 Å². The van der Waals surface area contributed by atoms with Gasteiger partial charge in [0.05, 0.1) is 22.3 Å². The molecule has 0 amide bonds. The standard InChI is InChI=1S/C19H13F2N3O2S/c20-17-5-4-16(11-18(17)21)27(25,26)23-14-3-6-19-13(10-14)7-9-24(19)15-2-1-8-22-12-15/h1-12,23H. The number of fused-ring (bicyclic) bond motifs is 1. The molecule has 2 aromatic heterocycles. The number of anilines is 1. The van der Waals surface area contributed by atoms with Gasteiger partial charge in [-0.15, -0.1) is 0 Å². The molecule has 0 radical (unpaired) electrons. The zero-order chi connectivity index (χ0) is 19.0. The highest BCUT2D eigenvalue weighted by atomic mass is 32.2. The van der Waals surface area contributed by atoms with Gasteiger partial charge in [-0.1, -0.05) is 0 Å². The Balaban J connectivity index is 1.68. The van der Waals surface area contributed by atoms with Gasteiger partial charge in [-0.05, 0) is 54.6 Å². The number of sulfonamides is 1. The Hall–Kier alpha value is -3.26. The van der Waals surface area contributed by atoms with Crippen molar-refractivity contribution in [2.24, 2.45) is 0 Å². The van der Waals surface area contributed by atoms with Crippen LogP contribution in [-0.4, -0.2) is 18.0 Å². The minimum Gasteiger partial charge on any atom is -0.315 e. The zero-order valence-corrected chi connectivity index (χ0v) is 14.6. The highest BCUT2D eigenvalue weighted by Crippen LogP contribution is 2.25. The number of halogens is 2. The van der Waals surface area contributed by atoms with E-state index >= 15 is 0 Å². The molecule has 0 fully saturated rings. The Bertz CT molecular complexity index is 1240. The average molecular weight is 385 g/mol. The van der Waals surface area contributed by atoms with Crippen LogP contribution >= 0.6 is 0 Å². The van der Waals surface area contributed by atoms with E-state index in [1.54, 1.807) is 30.6 Å². The third-order valence-electron chi connectivity index (χ3n) is 4.07. The Morgan fingerprint density at radius 1 is 0.963 bits per heavy atom. The number of nitrogens with zero attached hydrogens (tertiary/aromatic N) is 2. The molecular weight excluding hydrogens is 372 g/mol. The van der Waals surface area contributed by atoms with Gasteiger partial charge >= 0.3 is 0 Å². The highest BCUT2D eigenvalue weighted by Gasteiger charge is 2.17. The maximum absolute atomic E-state index is 13.3. The van der Waals surface area contributed by atoms with Gasteiger partial charge in [0.25, 0.3) is 10.0 Å². The Kier molecular flexibility index (Phi) is 4.12. The van der Waals surface area contributed by atoms with Gasteiger partial charge in [0.1, 0.15) is 0 Å². The summed E-state index contributed by atoms with van der Waals surface area (Å²) in [5.41, 5.74) is 2.07. The summed E-state index contributed by atoms with van der Waals surface area (Å²) < 4.78 is 55.5. The molecule has 0 unspecified atom stereocenters. The van der Waals surface area contributed by atoms with Gasteiger partial charge in [-0.3, -0.25) is 9.71 Å². The molecule has 0 aliphatic rings. The molecule has 8 heteroatoms. The van der Waals surface area contributed by atoms with E-state index < -0.39 is 21.7 Å². The van der Waals surface area contributed by atoms with Gasteiger partial charge in [0.15, 0.2) is 11.6 Å². The van der Waals surface area contributed by atoms with Crippen LogP contribution in [0.3, 0.4) is 0 Å². The van der Waals surface area contributed by atoms with Gasteiger partial charge in [-0.2, -0.15) is 0 Å². The van der Waals surface area contributed by atoms with E-state index in [0.717, 1.165) is 28.7 Å². The monoisotopic (exact) mass is 385 g/mol. The second-order valence-electron chi connectivity index (χ2n) is 5.85. The maximum atomic E-state index is 13.3. The molecule has 0 spiro atoms. The first-order valence-electron chi connectivity index (χ1n) is 7.93. The lowest BCUT2D eigenvalue weighted by Crippen LogP contribution is -2.13. The molecular formula is C19H13F2N3O2S. The summed E-state index contributed by atoms with van der Waals surface area (Å²) in [7, 11) is -4.04. The number of nitrogens with one attached hydrogen (secondary N) is 1. The minimum absolute atomic E-state index is 0.316. The van der Waals surface area contributed by atoms with Crippen LogP contribution in [0.1, 0.15) is 0 Å². The molecule has 27 heavy (non-hydrogen) atoms. The second kappa shape index (κ2) is 6.48. The molecule has 2 aromatic carbocycles. The molecule has 136 valence electrons. The van der Waals surface area contributed by atoms with Crippen molar-refractivity contribution in [2.75, 3.05) is 4.72 Å². The third kappa shape index (κ3) is 3.26. The Morgan fingerprint density at radius 3 is 2.56 bits per heavy atom. The summed E-state index contributed by atoms with van der Waals surface area (Å²) in [6.07, 6.45) is 5.26. The molecule has 2 heterocycles. The van der Waals surface area contributed by atoms with Gasteiger partial charge in [0, 0.05) is 23.5 Å². The Morgan fingerprint density at radius 2 is 1.81 bits per heavy atom. The van der Waals surface area contributed by atoms with Gasteiger partial charge < -0.3 is 4.57 Å². The number of benzene rings is 2. The fourth-order valence-corrected chi connectivity index (χ4v) is 3.85. The van der Waals surface area contributed by atoms with Gasteiger partial charge in [-0.25, -0.2) is 17.2 Å². The SMILES string of the molecule is O=S(=O)(Nc1ccc2c(ccn2-c2cccnc2)c1)c1ccc(F)c(F)c1. The summed E-state index contributed by atoms with van der Waals surface area (Å²) in [6, 6.07) is 13.1. The molecule has 4 rings (SSSR count). The van der Waals surface area contributed by atoms with Crippen molar-refractivity contribution in [3.63, 3.8) is 0 Å². The fourth-order valence-electron chi connectivity index (χ4n) is 2.79. The van der Waals surface area contributed by atoms with E-state index in [9.17, 15) is 17.2 Å². The topological polar surface area (TPSA) is 64.0 Å². The van der Waals surface area contributed by atoms with Crippen LogP contribution in [0, 0.1) is 11.6 Å². The van der Waals surface area contributed by atoms with Crippen molar-refractivity contribution in [3.05, 3.63) is 84.8 Å². The first kappa shape index (κ1) is 17.2. The van der Waals surface area contributed by atoms with Crippen molar-refractivity contribution in [1.29, 1.82) is 0 Å². The largest absolute Gasteiger partial charge is 0.315 e. The average Bonchev–Trinajstić information content (AvgIpc) is 3.07. The molecule has 0 aliphatic carbocycles. The van der Waals surface area contributed by atoms with Crippen LogP contribution in [0.5, 0.6) is 0 Å². The van der Waals surface area contributed by atoms with Crippen LogP contribution in [0.25, 0.3) is 16.6 Å². The first-order chi connectivity index (χ1) is 12.9. The number of aromatic nitrogens is 2. The van der Waals surface area contributed by atoms with Crippen LogP contribution in [0.15, 0.2) is 78.1 Å². The van der Waals surface area contributed by atoms with E-state index in [4.69, 9.17) is 0 Å². The lowest BCUT2D eigenvalue weighted by molar-refractivity contribution is 0.504. The summed E-state index contributed by atoms with van der Waals surface area (Å²) >= 11 is 0. The van der Waals surface area contributed by atoms with Crippen LogP contribution in [0.4, 0.5) is 14.5 Å². The van der Waals surface area contributed by atoms with Crippen LogP contribution in [0.2, 0.25) is 0 Å². The van der Waals surface area contributed by atoms with E-state index in [1.165, 1.54) is 0 Å². The van der Waals surface area contributed by atoms with Crippen molar-refractivity contribution >= 4 is 26.6 Å². The van der Waals surface area contributed by atoms with Crippen LogP contribution < -0.4 is 4.72 Å². The lowest BCUT2D eigenvalue weighted by Gasteiger charge is -2.09. The molecule has 0 saturated heterocycles. The number of pyridine rings is 1. The van der Waals surface area contributed by atoms with Crippen molar-refractivity contribution in [3.8, 4) is 5.69 Å². The van der Waals surface area contributed by atoms with Crippen molar-refractivity contribution < 1.29 is 17.2 Å². The van der Waals surface area contributed by atoms with Crippen molar-refractivity contribution in [2.45, 2.75) is 4.90 Å². The molecule has 0 atom stereocenters. The van der Waals surface area contributed by atoms with E-state index in [1.807, 2.05) is 29.0 Å². The Labute approximate surface area is 154 Å². The summed E-state index contributed by atoms with van der Waals surface area (Å²) in [5, 5.41) is 0.810. The van der Waals surface area contributed by atoms with E-state index in [0.29, 0.717) is 11.8 Å². The third-order valence-corrected chi connectivity index (χ3v) is 5.45. The number of hydrogen-bond acceptors (Lipinski definition) is 3. The highest BCUT2D eigenvalue weighted by molar-refractivity contribution is 7.92. The van der Waals surface area contributed by atoms with E-state index in [2.05, 4.69) is 9.71 Å².